The van der Waals surface area contributed by atoms with Gasteiger partial charge in [-0.2, -0.15) is 0 Å². The molecule has 0 unspecified atom stereocenters. The average Bonchev–Trinajstić information content (AvgIpc) is 2.68. The molecule has 16 heavy (non-hydrogen) atoms. The highest BCUT2D eigenvalue weighted by atomic mass is 16.3. The van der Waals surface area contributed by atoms with Crippen LogP contribution in [0.2, 0.25) is 0 Å². The van der Waals surface area contributed by atoms with Crippen LogP contribution in [0.25, 0.3) is 0 Å². The van der Waals surface area contributed by atoms with Crippen LogP contribution in [-0.2, 0) is 11.2 Å². The predicted molar refractivity (Wildman–Crippen MR) is 60.8 cm³/mol. The quantitative estimate of drug-likeness (QED) is 0.786. The highest BCUT2D eigenvalue weighted by Crippen LogP contribution is 2.31. The number of rotatable bonds is 5. The number of furan rings is 1. The number of carbonyl (C=O) groups excluding carboxylic acids is 1. The molecular weight excluding hydrogens is 204 g/mol. The van der Waals surface area contributed by atoms with Crippen molar-refractivity contribution >= 4 is 5.91 Å². The lowest BCUT2D eigenvalue weighted by Gasteiger charge is -2.37. The van der Waals surface area contributed by atoms with E-state index in [9.17, 15) is 4.79 Å². The van der Waals surface area contributed by atoms with E-state index in [2.05, 4.69) is 5.32 Å². The van der Waals surface area contributed by atoms with Crippen molar-refractivity contribution in [3.63, 3.8) is 0 Å². The van der Waals surface area contributed by atoms with Gasteiger partial charge in [-0.1, -0.05) is 0 Å². The monoisotopic (exact) mass is 222 g/mol. The van der Waals surface area contributed by atoms with Gasteiger partial charge in [-0.05, 0) is 31.4 Å². The molecule has 0 aliphatic heterocycles. The molecule has 0 saturated heterocycles. The van der Waals surface area contributed by atoms with Gasteiger partial charge in [0, 0.05) is 24.9 Å². The van der Waals surface area contributed by atoms with Gasteiger partial charge in [-0.25, -0.2) is 0 Å². The molecule has 3 N–H and O–H groups in total. The topological polar surface area (TPSA) is 68.3 Å². The summed E-state index contributed by atoms with van der Waals surface area (Å²) in [5, 5.41) is 2.87. The molecule has 1 heterocycles. The van der Waals surface area contributed by atoms with Crippen molar-refractivity contribution in [3.05, 3.63) is 24.2 Å². The second-order valence-electron chi connectivity index (χ2n) is 4.57. The highest BCUT2D eigenvalue weighted by Gasteiger charge is 2.34. The average molecular weight is 222 g/mol. The molecule has 0 aromatic carbocycles. The largest absolute Gasteiger partial charge is 0.469 e. The van der Waals surface area contributed by atoms with Gasteiger partial charge in [0.25, 0.3) is 0 Å². The summed E-state index contributed by atoms with van der Waals surface area (Å²) in [5.74, 6) is 0.945. The lowest BCUT2D eigenvalue weighted by Crippen LogP contribution is -2.50. The molecule has 4 nitrogen and oxygen atoms in total. The molecule has 1 aromatic rings. The Labute approximate surface area is 95.2 Å². The first-order valence-corrected chi connectivity index (χ1v) is 5.76. The van der Waals surface area contributed by atoms with Gasteiger partial charge in [0.2, 0.25) is 5.91 Å². The Morgan fingerprint density at radius 1 is 1.56 bits per heavy atom. The Hall–Kier alpha value is -1.29. The molecule has 1 aliphatic rings. The minimum Gasteiger partial charge on any atom is -0.469 e. The van der Waals surface area contributed by atoms with E-state index in [-0.39, 0.29) is 11.4 Å². The van der Waals surface area contributed by atoms with Crippen LogP contribution in [0, 0.1) is 0 Å². The van der Waals surface area contributed by atoms with Gasteiger partial charge in [0.05, 0.1) is 6.26 Å². The molecule has 0 radical (unpaired) electrons. The van der Waals surface area contributed by atoms with E-state index in [1.54, 1.807) is 6.26 Å². The van der Waals surface area contributed by atoms with Gasteiger partial charge in [-0.15, -0.1) is 0 Å². The molecule has 1 amide bonds. The summed E-state index contributed by atoms with van der Waals surface area (Å²) in [4.78, 5) is 11.6. The van der Waals surface area contributed by atoms with E-state index in [4.69, 9.17) is 10.2 Å². The van der Waals surface area contributed by atoms with Crippen molar-refractivity contribution in [3.8, 4) is 0 Å². The third-order valence-electron chi connectivity index (χ3n) is 3.14. The molecule has 2 rings (SSSR count). The van der Waals surface area contributed by atoms with Gasteiger partial charge in [-0.3, -0.25) is 4.79 Å². The Morgan fingerprint density at radius 3 is 2.94 bits per heavy atom. The van der Waals surface area contributed by atoms with Crippen LogP contribution in [0.4, 0.5) is 0 Å². The Kier molecular flexibility index (Phi) is 3.29. The highest BCUT2D eigenvalue weighted by molar-refractivity contribution is 5.77. The molecule has 1 saturated carbocycles. The van der Waals surface area contributed by atoms with Gasteiger partial charge in [0.15, 0.2) is 0 Å². The maximum atomic E-state index is 11.6. The van der Waals surface area contributed by atoms with Crippen LogP contribution in [-0.4, -0.2) is 18.0 Å². The summed E-state index contributed by atoms with van der Waals surface area (Å²) in [7, 11) is 0. The van der Waals surface area contributed by atoms with Crippen LogP contribution >= 0.6 is 0 Å². The van der Waals surface area contributed by atoms with Crippen LogP contribution in [0.5, 0.6) is 0 Å². The molecule has 1 aromatic heterocycles. The van der Waals surface area contributed by atoms with Crippen LogP contribution in [0.3, 0.4) is 0 Å². The first-order valence-electron chi connectivity index (χ1n) is 5.76. The molecule has 4 heteroatoms. The zero-order valence-electron chi connectivity index (χ0n) is 9.37. The molecule has 0 spiro atoms. The first kappa shape index (κ1) is 11.2. The van der Waals surface area contributed by atoms with Crippen molar-refractivity contribution in [1.29, 1.82) is 0 Å². The van der Waals surface area contributed by atoms with Crippen molar-refractivity contribution in [2.45, 2.75) is 37.6 Å². The molecule has 0 bridgehead atoms. The van der Waals surface area contributed by atoms with Crippen molar-refractivity contribution in [2.75, 3.05) is 6.54 Å². The normalized spacial score (nSPS) is 17.8. The van der Waals surface area contributed by atoms with E-state index < -0.39 is 0 Å². The zero-order chi connectivity index (χ0) is 11.4. The van der Waals surface area contributed by atoms with E-state index in [0.717, 1.165) is 31.4 Å². The number of nitrogens with one attached hydrogen (secondary N) is 1. The Morgan fingerprint density at radius 2 is 2.38 bits per heavy atom. The molecule has 1 fully saturated rings. The zero-order valence-corrected chi connectivity index (χ0v) is 9.37. The minimum atomic E-state index is -0.227. The van der Waals surface area contributed by atoms with E-state index in [0.29, 0.717) is 13.0 Å². The number of carbonyl (C=O) groups is 1. The van der Waals surface area contributed by atoms with Crippen LogP contribution < -0.4 is 11.1 Å². The molecule has 1 aliphatic carbocycles. The van der Waals surface area contributed by atoms with Gasteiger partial charge >= 0.3 is 0 Å². The first-order chi connectivity index (χ1) is 7.68. The fraction of sp³-hybridized carbons (Fsp3) is 0.583. The number of amides is 1. The second-order valence-corrected chi connectivity index (χ2v) is 4.57. The summed E-state index contributed by atoms with van der Waals surface area (Å²) in [6, 6.07) is 3.75. The Bertz CT molecular complexity index is 342. The molecule has 88 valence electrons. The van der Waals surface area contributed by atoms with Crippen molar-refractivity contribution in [2.24, 2.45) is 5.73 Å². The Balaban J connectivity index is 1.64. The lowest BCUT2D eigenvalue weighted by atomic mass is 9.75. The van der Waals surface area contributed by atoms with E-state index >= 15 is 0 Å². The molecule has 0 atom stereocenters. The van der Waals surface area contributed by atoms with Gasteiger partial charge in [0.1, 0.15) is 5.76 Å². The summed E-state index contributed by atoms with van der Waals surface area (Å²) in [6.07, 6.45) is 5.91. The maximum Gasteiger partial charge on any atom is 0.221 e. The van der Waals surface area contributed by atoms with Gasteiger partial charge < -0.3 is 15.5 Å². The van der Waals surface area contributed by atoms with Crippen LogP contribution in [0.1, 0.15) is 31.4 Å². The number of nitrogens with two attached hydrogens (primary N) is 1. The van der Waals surface area contributed by atoms with E-state index in [1.807, 2.05) is 12.1 Å². The summed E-state index contributed by atoms with van der Waals surface area (Å²) >= 11 is 0. The standard InChI is InChI=1S/C12H18N2O2/c13-12(5-2-6-12)9-11(15)14-7-4-10-3-1-8-16-10/h1,3,8H,2,4-7,9,13H2,(H,14,15). The predicted octanol–water partition coefficient (Wildman–Crippen LogP) is 1.21. The lowest BCUT2D eigenvalue weighted by molar-refractivity contribution is -0.122. The maximum absolute atomic E-state index is 11.6. The molecular formula is C12H18N2O2. The summed E-state index contributed by atoms with van der Waals surface area (Å²) in [6.45, 7) is 0.614. The van der Waals surface area contributed by atoms with Crippen LogP contribution in [0.15, 0.2) is 22.8 Å². The smallest absolute Gasteiger partial charge is 0.221 e. The summed E-state index contributed by atoms with van der Waals surface area (Å²) in [5.41, 5.74) is 5.76. The fourth-order valence-electron chi connectivity index (χ4n) is 1.97. The van der Waals surface area contributed by atoms with E-state index in [1.165, 1.54) is 0 Å². The minimum absolute atomic E-state index is 0.0498. The third-order valence-corrected chi connectivity index (χ3v) is 3.14. The fourth-order valence-corrected chi connectivity index (χ4v) is 1.97. The van der Waals surface area contributed by atoms with Crippen molar-refractivity contribution in [1.82, 2.24) is 5.32 Å². The van der Waals surface area contributed by atoms with Crippen molar-refractivity contribution < 1.29 is 9.21 Å². The number of hydrogen-bond acceptors (Lipinski definition) is 3. The summed E-state index contributed by atoms with van der Waals surface area (Å²) < 4.78 is 5.17. The SMILES string of the molecule is NC1(CC(=O)NCCc2ccco2)CCC1. The second kappa shape index (κ2) is 4.70. The third kappa shape index (κ3) is 2.85. The number of hydrogen-bond donors (Lipinski definition) is 2.